The number of ether oxygens (including phenoxy) is 2. The summed E-state index contributed by atoms with van der Waals surface area (Å²) in [6, 6.07) is 0. The van der Waals surface area contributed by atoms with Crippen molar-refractivity contribution < 1.29 is 45.4 Å². The van der Waals surface area contributed by atoms with E-state index in [9.17, 15) is 35.9 Å². The van der Waals surface area contributed by atoms with Crippen LogP contribution in [0.3, 0.4) is 0 Å². The van der Waals surface area contributed by atoms with Gasteiger partial charge in [-0.25, -0.2) is 0 Å². The minimum atomic E-state index is -6.09. The molecular weight excluding hydrogens is 370 g/mol. The summed E-state index contributed by atoms with van der Waals surface area (Å²) in [5.74, 6) is -4.26. The molecule has 0 heterocycles. The third kappa shape index (κ3) is 4.43. The van der Waals surface area contributed by atoms with Gasteiger partial charge in [-0.1, -0.05) is 20.8 Å². The van der Waals surface area contributed by atoms with Crippen molar-refractivity contribution >= 4 is 11.9 Å². The van der Waals surface area contributed by atoms with Gasteiger partial charge in [-0.15, -0.1) is 0 Å². The van der Waals surface area contributed by atoms with Gasteiger partial charge in [0.25, 0.3) is 0 Å². The van der Waals surface area contributed by atoms with E-state index in [1.165, 1.54) is 20.8 Å². The summed E-state index contributed by atoms with van der Waals surface area (Å²) in [5.41, 5.74) is -9.62. The summed E-state index contributed by atoms with van der Waals surface area (Å²) in [7, 11) is 0. The average molecular weight is 394 g/mol. The molecule has 0 fully saturated rings. The molecule has 0 rings (SSSR count). The molecule has 154 valence electrons. The maximum absolute atomic E-state index is 13.6. The van der Waals surface area contributed by atoms with Crippen molar-refractivity contribution in [2.75, 3.05) is 0 Å². The van der Waals surface area contributed by atoms with E-state index >= 15 is 0 Å². The predicted octanol–water partition coefficient (Wildman–Crippen LogP) is 4.81. The van der Waals surface area contributed by atoms with Gasteiger partial charge in [-0.05, 0) is 34.1 Å². The molecule has 0 aliphatic heterocycles. The Morgan fingerprint density at radius 1 is 0.846 bits per heavy atom. The summed E-state index contributed by atoms with van der Waals surface area (Å²) >= 11 is 0. The lowest BCUT2D eigenvalue weighted by molar-refractivity contribution is -0.408. The summed E-state index contributed by atoms with van der Waals surface area (Å²) in [6.07, 6.45) is -12.1. The Hall–Kier alpha value is -1.48. The van der Waals surface area contributed by atoms with Gasteiger partial charge < -0.3 is 9.47 Å². The van der Waals surface area contributed by atoms with E-state index in [-0.39, 0.29) is 6.42 Å². The highest BCUT2D eigenvalue weighted by atomic mass is 19.4. The van der Waals surface area contributed by atoms with Crippen molar-refractivity contribution in [3.05, 3.63) is 0 Å². The zero-order valence-corrected chi connectivity index (χ0v) is 15.7. The molecule has 0 aromatic carbocycles. The van der Waals surface area contributed by atoms with Crippen LogP contribution in [0.4, 0.5) is 26.3 Å². The fourth-order valence-electron chi connectivity index (χ4n) is 1.94. The fourth-order valence-corrected chi connectivity index (χ4v) is 1.94. The highest BCUT2D eigenvalue weighted by Crippen LogP contribution is 2.54. The van der Waals surface area contributed by atoms with Crippen LogP contribution in [0.15, 0.2) is 0 Å². The monoisotopic (exact) mass is 394 g/mol. The van der Waals surface area contributed by atoms with Crippen LogP contribution in [-0.2, 0) is 19.1 Å². The number of halogens is 6. The number of esters is 2. The van der Waals surface area contributed by atoms with E-state index in [1.807, 2.05) is 0 Å². The molecule has 0 amide bonds. The summed E-state index contributed by atoms with van der Waals surface area (Å²) in [6.45, 7) is 7.16. The van der Waals surface area contributed by atoms with Gasteiger partial charge >= 0.3 is 29.9 Å². The SMILES string of the molecule is CCC(C)(C)C(=O)OC(C)(C)C(OC(=O)C(C)C)(C(F)(F)F)C(F)(F)F. The molecule has 0 aliphatic rings. The average Bonchev–Trinajstić information content (AvgIpc) is 2.40. The Bertz CT molecular complexity index is 518. The van der Waals surface area contributed by atoms with Crippen LogP contribution in [0.1, 0.15) is 54.9 Å². The smallest absolute Gasteiger partial charge is 0.441 e. The van der Waals surface area contributed by atoms with E-state index in [1.54, 1.807) is 0 Å². The van der Waals surface area contributed by atoms with Gasteiger partial charge in [0.15, 0.2) is 5.60 Å². The topological polar surface area (TPSA) is 52.6 Å². The second-order valence-corrected chi connectivity index (χ2v) is 7.39. The number of hydrogen-bond acceptors (Lipinski definition) is 4. The van der Waals surface area contributed by atoms with E-state index in [0.29, 0.717) is 13.8 Å². The molecule has 26 heavy (non-hydrogen) atoms. The van der Waals surface area contributed by atoms with Gasteiger partial charge in [0.05, 0.1) is 11.3 Å². The number of alkyl halides is 6. The lowest BCUT2D eigenvalue weighted by Crippen LogP contribution is -2.72. The van der Waals surface area contributed by atoms with Crippen molar-refractivity contribution in [1.82, 2.24) is 0 Å². The molecule has 4 nitrogen and oxygen atoms in total. The quantitative estimate of drug-likeness (QED) is 0.479. The van der Waals surface area contributed by atoms with Crippen LogP contribution in [-0.4, -0.2) is 35.5 Å². The molecule has 10 heteroatoms. The van der Waals surface area contributed by atoms with E-state index in [2.05, 4.69) is 9.47 Å². The molecule has 0 radical (unpaired) electrons. The van der Waals surface area contributed by atoms with Gasteiger partial charge in [0.2, 0.25) is 0 Å². The van der Waals surface area contributed by atoms with Crippen molar-refractivity contribution in [2.24, 2.45) is 11.3 Å². The second-order valence-electron chi connectivity index (χ2n) is 7.39. The number of rotatable bonds is 6. The van der Waals surface area contributed by atoms with Crippen LogP contribution in [0.5, 0.6) is 0 Å². The molecule has 0 atom stereocenters. The van der Waals surface area contributed by atoms with Crippen molar-refractivity contribution in [3.63, 3.8) is 0 Å². The number of carbonyl (C=O) groups excluding carboxylic acids is 2. The first-order chi connectivity index (χ1) is 11.3. The maximum atomic E-state index is 13.6. The lowest BCUT2D eigenvalue weighted by Gasteiger charge is -2.46. The van der Waals surface area contributed by atoms with E-state index in [0.717, 1.165) is 13.8 Å². The first-order valence-corrected chi connectivity index (χ1v) is 7.86. The van der Waals surface area contributed by atoms with Crippen molar-refractivity contribution in [3.8, 4) is 0 Å². The predicted molar refractivity (Wildman–Crippen MR) is 80.0 cm³/mol. The zero-order valence-electron chi connectivity index (χ0n) is 15.7. The molecule has 0 spiro atoms. The largest absolute Gasteiger partial charge is 0.454 e. The standard InChI is InChI=1S/C16H24F6O4/c1-8-12(4,5)11(24)26-13(6,7)14(15(17,18)19,16(20,21)22)25-10(23)9(2)3/h9H,8H2,1-7H3. The highest BCUT2D eigenvalue weighted by Gasteiger charge is 2.82. The molecule has 0 aliphatic carbocycles. The fraction of sp³-hybridized carbons (Fsp3) is 0.875. The normalized spacial score (nSPS) is 14.4. The van der Waals surface area contributed by atoms with Crippen LogP contribution in [0, 0.1) is 11.3 Å². The molecule has 0 aromatic heterocycles. The number of hydrogen-bond donors (Lipinski definition) is 0. The second kappa shape index (κ2) is 7.26. The maximum Gasteiger partial charge on any atom is 0.441 e. The Morgan fingerprint density at radius 2 is 1.23 bits per heavy atom. The Balaban J connectivity index is 6.46. The lowest BCUT2D eigenvalue weighted by atomic mass is 9.82. The Kier molecular flexibility index (Phi) is 6.85. The zero-order chi connectivity index (χ0) is 21.4. The first kappa shape index (κ1) is 24.5. The minimum absolute atomic E-state index is 0.110. The summed E-state index contributed by atoms with van der Waals surface area (Å²) in [4.78, 5) is 23.8. The molecule has 0 saturated heterocycles. The van der Waals surface area contributed by atoms with Crippen LogP contribution in [0.25, 0.3) is 0 Å². The van der Waals surface area contributed by atoms with Crippen molar-refractivity contribution in [1.29, 1.82) is 0 Å². The summed E-state index contributed by atoms with van der Waals surface area (Å²) in [5, 5.41) is 0. The Labute approximate surface area is 148 Å². The van der Waals surface area contributed by atoms with Gasteiger partial charge in [0.1, 0.15) is 0 Å². The van der Waals surface area contributed by atoms with Gasteiger partial charge in [-0.2, -0.15) is 26.3 Å². The Morgan fingerprint density at radius 3 is 1.50 bits per heavy atom. The van der Waals surface area contributed by atoms with Crippen molar-refractivity contribution in [2.45, 2.75) is 78.4 Å². The van der Waals surface area contributed by atoms with Crippen LogP contribution < -0.4 is 0 Å². The van der Waals surface area contributed by atoms with Crippen LogP contribution in [0.2, 0.25) is 0 Å². The summed E-state index contributed by atoms with van der Waals surface area (Å²) < 4.78 is 90.4. The minimum Gasteiger partial charge on any atom is -0.454 e. The third-order valence-electron chi connectivity index (χ3n) is 4.16. The molecular formula is C16H24F6O4. The molecule has 0 unspecified atom stereocenters. The molecule has 0 bridgehead atoms. The van der Waals surface area contributed by atoms with E-state index < -0.39 is 46.8 Å². The van der Waals surface area contributed by atoms with Gasteiger partial charge in [0, 0.05) is 0 Å². The number of carbonyl (C=O) groups is 2. The van der Waals surface area contributed by atoms with Gasteiger partial charge in [-0.3, -0.25) is 9.59 Å². The third-order valence-corrected chi connectivity index (χ3v) is 4.16. The molecule has 0 saturated carbocycles. The van der Waals surface area contributed by atoms with E-state index in [4.69, 9.17) is 0 Å². The molecule has 0 N–H and O–H groups in total. The highest BCUT2D eigenvalue weighted by molar-refractivity contribution is 5.76. The van der Waals surface area contributed by atoms with Crippen LogP contribution >= 0.6 is 0 Å². The first-order valence-electron chi connectivity index (χ1n) is 7.86. The molecule has 0 aromatic rings.